The van der Waals surface area contributed by atoms with Crippen LogP contribution in [0.1, 0.15) is 0 Å². The van der Waals surface area contributed by atoms with Crippen LogP contribution >= 0.6 is 0 Å². The van der Waals surface area contributed by atoms with Gasteiger partial charge in [0.1, 0.15) is 13.2 Å². The molecule has 6 heavy (non-hydrogen) atoms. The van der Waals surface area contributed by atoms with Crippen molar-refractivity contribution in [2.24, 2.45) is 0 Å². The molecule has 0 bridgehead atoms. The van der Waals surface area contributed by atoms with E-state index in [1.54, 1.807) is 0 Å². The molecule has 1 saturated heterocycles. The van der Waals surface area contributed by atoms with Gasteiger partial charge >= 0.3 is 6.09 Å². The Bertz CT molecular complexity index is 63.2. The summed E-state index contributed by atoms with van der Waals surface area (Å²) in [6.45, 7) is 2.73. The Morgan fingerprint density at radius 2 is 2.83 bits per heavy atom. The second-order valence-corrected chi connectivity index (χ2v) is 0.878. The second kappa shape index (κ2) is 1.16. The molecule has 1 amide bonds. The van der Waals surface area contributed by atoms with E-state index >= 15 is 0 Å². The lowest BCUT2D eigenvalue weighted by molar-refractivity contribution is 0.179. The molecule has 0 spiro atoms. The van der Waals surface area contributed by atoms with Crippen LogP contribution in [0.5, 0.6) is 0 Å². The van der Waals surface area contributed by atoms with Crippen LogP contribution in [0.25, 0.3) is 0 Å². The molecule has 1 rings (SSSR count). The molecule has 2 radical (unpaired) electrons. The van der Waals surface area contributed by atoms with Crippen LogP contribution in [0, 0.1) is 6.54 Å². The summed E-state index contributed by atoms with van der Waals surface area (Å²) in [4.78, 5) is 9.85. The predicted molar refractivity (Wildman–Crippen MR) is 17.7 cm³/mol. The Balaban J connectivity index is 2.37. The average molecular weight is 85.1 g/mol. The molecule has 0 aromatic heterocycles. The lowest BCUT2D eigenvalue weighted by atomic mass is 10.7. The first kappa shape index (κ1) is 3.46. The van der Waals surface area contributed by atoms with E-state index in [0.29, 0.717) is 0 Å². The Labute approximate surface area is 35.3 Å². The lowest BCUT2D eigenvalue weighted by Crippen LogP contribution is -2.08. The van der Waals surface area contributed by atoms with E-state index in [1.807, 2.05) is 0 Å². The molecule has 0 aromatic carbocycles. The minimum Gasteiger partial charge on any atom is -0.447 e. The normalized spacial score (nSPS) is 19.7. The van der Waals surface area contributed by atoms with Crippen molar-refractivity contribution in [1.82, 2.24) is 5.32 Å². The largest absolute Gasteiger partial charge is 0.447 e. The van der Waals surface area contributed by atoms with Gasteiger partial charge in [-0.3, -0.25) is 0 Å². The summed E-state index contributed by atoms with van der Waals surface area (Å²) in [7, 11) is 0. The van der Waals surface area contributed by atoms with Crippen LogP contribution in [0.2, 0.25) is 0 Å². The first-order valence-electron chi connectivity index (χ1n) is 1.55. The van der Waals surface area contributed by atoms with E-state index in [4.69, 9.17) is 0 Å². The van der Waals surface area contributed by atoms with Crippen LogP contribution in [0.3, 0.4) is 0 Å². The Hall–Kier alpha value is -0.730. The fourth-order valence-electron chi connectivity index (χ4n) is 0.246. The van der Waals surface area contributed by atoms with Crippen molar-refractivity contribution in [2.45, 2.75) is 0 Å². The summed E-state index contributed by atoms with van der Waals surface area (Å²) >= 11 is 0. The van der Waals surface area contributed by atoms with Gasteiger partial charge in [0.2, 0.25) is 0 Å². The molecule has 3 nitrogen and oxygen atoms in total. The van der Waals surface area contributed by atoms with Crippen molar-refractivity contribution >= 4 is 6.09 Å². The molecule has 0 aliphatic carbocycles. The number of rotatable bonds is 0. The number of carbonyl (C=O) groups excluding carboxylic acids is 1. The van der Waals surface area contributed by atoms with Crippen molar-refractivity contribution < 1.29 is 9.53 Å². The van der Waals surface area contributed by atoms with Crippen molar-refractivity contribution in [1.29, 1.82) is 0 Å². The van der Waals surface area contributed by atoms with E-state index in [0.717, 1.165) is 0 Å². The summed E-state index contributed by atoms with van der Waals surface area (Å²) in [6.07, 6.45) is -0.407. The van der Waals surface area contributed by atoms with Gasteiger partial charge in [-0.25, -0.2) is 4.79 Å². The monoisotopic (exact) mass is 85.0 g/mol. The number of carbonyl (C=O) groups is 1. The van der Waals surface area contributed by atoms with Crippen LogP contribution < -0.4 is 5.32 Å². The molecule has 3 heteroatoms. The van der Waals surface area contributed by atoms with Gasteiger partial charge in [-0.2, -0.15) is 0 Å². The predicted octanol–water partition coefficient (Wildman–Crippen LogP) is -0.235. The van der Waals surface area contributed by atoms with E-state index in [2.05, 4.69) is 16.6 Å². The smallest absolute Gasteiger partial charge is 0.407 e. The molecular weight excluding hydrogens is 82.0 g/mol. The summed E-state index contributed by atoms with van der Waals surface area (Å²) in [5, 5.41) is 2.21. The number of hydrogen-bond donors (Lipinski definition) is 1. The maximum absolute atomic E-state index is 9.85. The standard InChI is InChI=1S/C3H3NO2/c5-3-4-1-2-6-3/h2H2,(H,4,5). The van der Waals surface area contributed by atoms with Crippen LogP contribution in [-0.2, 0) is 4.74 Å². The molecule has 0 saturated carbocycles. The van der Waals surface area contributed by atoms with Gasteiger partial charge in [0.05, 0.1) is 0 Å². The zero-order valence-corrected chi connectivity index (χ0v) is 3.02. The van der Waals surface area contributed by atoms with Crippen molar-refractivity contribution in [2.75, 3.05) is 6.61 Å². The molecular formula is C3H3NO2. The second-order valence-electron chi connectivity index (χ2n) is 0.878. The lowest BCUT2D eigenvalue weighted by Gasteiger charge is -1.79. The van der Waals surface area contributed by atoms with Gasteiger partial charge in [-0.05, 0) is 0 Å². The fraction of sp³-hybridized carbons (Fsp3) is 0.333. The third-order valence-electron chi connectivity index (χ3n) is 0.466. The molecule has 32 valence electrons. The topological polar surface area (TPSA) is 38.3 Å². The Morgan fingerprint density at radius 1 is 2.00 bits per heavy atom. The first-order valence-corrected chi connectivity index (χ1v) is 1.55. The molecule has 0 aromatic rings. The van der Waals surface area contributed by atoms with E-state index < -0.39 is 6.09 Å². The molecule has 1 heterocycles. The molecule has 0 unspecified atom stereocenters. The van der Waals surface area contributed by atoms with Gasteiger partial charge in [0.25, 0.3) is 0 Å². The van der Waals surface area contributed by atoms with Crippen molar-refractivity contribution in [3.8, 4) is 0 Å². The highest BCUT2D eigenvalue weighted by Gasteiger charge is 2.07. The number of hydrogen-bond acceptors (Lipinski definition) is 2. The van der Waals surface area contributed by atoms with Gasteiger partial charge in [-0.1, -0.05) is 0 Å². The zero-order valence-electron chi connectivity index (χ0n) is 3.02. The van der Waals surface area contributed by atoms with Crippen molar-refractivity contribution in [3.05, 3.63) is 6.54 Å². The Morgan fingerprint density at radius 3 is 3.00 bits per heavy atom. The minimum absolute atomic E-state index is 0.277. The van der Waals surface area contributed by atoms with Gasteiger partial charge in [0.15, 0.2) is 0 Å². The molecule has 1 fully saturated rings. The highest BCUT2D eigenvalue weighted by atomic mass is 16.6. The molecule has 0 atom stereocenters. The third-order valence-corrected chi connectivity index (χ3v) is 0.466. The molecule has 1 N–H and O–H groups in total. The highest BCUT2D eigenvalue weighted by Crippen LogP contribution is 1.87. The minimum atomic E-state index is -0.407. The quantitative estimate of drug-likeness (QED) is 0.441. The summed E-state index contributed by atoms with van der Waals surface area (Å²) in [6, 6.07) is 0. The van der Waals surface area contributed by atoms with Crippen LogP contribution in [-0.4, -0.2) is 12.7 Å². The van der Waals surface area contributed by atoms with Gasteiger partial charge in [-0.15, -0.1) is 0 Å². The molecule has 1 aliphatic rings. The highest BCUT2D eigenvalue weighted by molar-refractivity contribution is 5.69. The summed E-state index contributed by atoms with van der Waals surface area (Å²) < 4.78 is 4.29. The zero-order chi connectivity index (χ0) is 4.41. The summed E-state index contributed by atoms with van der Waals surface area (Å²) in [5.74, 6) is 0. The maximum Gasteiger partial charge on any atom is 0.407 e. The number of alkyl carbamates (subject to hydrolysis) is 1. The van der Waals surface area contributed by atoms with E-state index in [-0.39, 0.29) is 6.61 Å². The average Bonchev–Trinajstić information content (AvgIpc) is 1.86. The number of nitrogens with one attached hydrogen (secondary N) is 1. The third kappa shape index (κ3) is 0.429. The maximum atomic E-state index is 9.85. The van der Waals surface area contributed by atoms with Crippen LogP contribution in [0.15, 0.2) is 0 Å². The number of ether oxygens (including phenoxy) is 1. The number of amides is 1. The first-order chi connectivity index (χ1) is 2.89. The van der Waals surface area contributed by atoms with Gasteiger partial charge < -0.3 is 10.1 Å². The van der Waals surface area contributed by atoms with Crippen LogP contribution in [0.4, 0.5) is 4.79 Å². The Kier molecular flexibility index (Phi) is 0.670. The van der Waals surface area contributed by atoms with Gasteiger partial charge in [0, 0.05) is 0 Å². The SMILES string of the molecule is O=C1N[C]CO1. The number of cyclic esters (lactones) is 1. The summed E-state index contributed by atoms with van der Waals surface area (Å²) in [5.41, 5.74) is 0. The van der Waals surface area contributed by atoms with E-state index in [1.165, 1.54) is 0 Å². The van der Waals surface area contributed by atoms with E-state index in [9.17, 15) is 4.79 Å². The van der Waals surface area contributed by atoms with Crippen molar-refractivity contribution in [3.63, 3.8) is 0 Å². The molecule has 1 aliphatic heterocycles. The fourth-order valence-corrected chi connectivity index (χ4v) is 0.246.